The Morgan fingerprint density at radius 2 is 1.84 bits per heavy atom. The predicted octanol–water partition coefficient (Wildman–Crippen LogP) is 0.916. The fourth-order valence-electron chi connectivity index (χ4n) is 2.13. The first-order valence-corrected chi connectivity index (χ1v) is 7.80. The van der Waals surface area contributed by atoms with Crippen LogP contribution in [0.5, 0.6) is 5.75 Å². The highest BCUT2D eigenvalue weighted by molar-refractivity contribution is 7.88. The monoisotopic (exact) mass is 288 g/mol. The number of hydrogen-bond acceptors (Lipinski definition) is 4. The molecule has 1 aliphatic heterocycles. The van der Waals surface area contributed by atoms with Crippen LogP contribution in [-0.4, -0.2) is 52.3 Å². The van der Waals surface area contributed by atoms with Crippen molar-refractivity contribution in [2.24, 2.45) is 0 Å². The van der Waals surface area contributed by atoms with Crippen molar-refractivity contribution < 1.29 is 17.5 Å². The molecule has 1 aliphatic rings. The molecule has 1 aromatic rings. The Kier molecular flexibility index (Phi) is 3.96. The van der Waals surface area contributed by atoms with Crippen LogP contribution in [0.4, 0.5) is 10.1 Å². The van der Waals surface area contributed by atoms with Crippen LogP contribution in [0.2, 0.25) is 0 Å². The van der Waals surface area contributed by atoms with Gasteiger partial charge in [0, 0.05) is 37.9 Å². The molecule has 0 atom stereocenters. The van der Waals surface area contributed by atoms with E-state index in [1.165, 1.54) is 23.7 Å². The number of ether oxygens (including phenoxy) is 1. The average Bonchev–Trinajstić information content (AvgIpc) is 2.38. The van der Waals surface area contributed by atoms with E-state index in [-0.39, 0.29) is 5.75 Å². The third-order valence-corrected chi connectivity index (χ3v) is 4.51. The zero-order valence-electron chi connectivity index (χ0n) is 11.0. The average molecular weight is 288 g/mol. The Labute approximate surface area is 112 Å². The van der Waals surface area contributed by atoms with E-state index in [1.54, 1.807) is 12.1 Å². The van der Waals surface area contributed by atoms with Gasteiger partial charge < -0.3 is 9.64 Å². The van der Waals surface area contributed by atoms with Gasteiger partial charge in [-0.1, -0.05) is 0 Å². The lowest BCUT2D eigenvalue weighted by atomic mass is 10.2. The largest absolute Gasteiger partial charge is 0.494 e. The van der Waals surface area contributed by atoms with Crippen molar-refractivity contribution in [3.05, 3.63) is 24.0 Å². The highest BCUT2D eigenvalue weighted by atomic mass is 32.2. The van der Waals surface area contributed by atoms with Gasteiger partial charge in [-0.2, -0.15) is 4.31 Å². The minimum Gasteiger partial charge on any atom is -0.494 e. The molecule has 5 nitrogen and oxygen atoms in total. The number of sulfonamides is 1. The Bertz CT molecular complexity index is 554. The second kappa shape index (κ2) is 5.34. The van der Waals surface area contributed by atoms with Gasteiger partial charge in [0.15, 0.2) is 11.6 Å². The maximum atomic E-state index is 13.6. The summed E-state index contributed by atoms with van der Waals surface area (Å²) >= 11 is 0. The lowest BCUT2D eigenvalue weighted by Crippen LogP contribution is -2.48. The summed E-state index contributed by atoms with van der Waals surface area (Å²) < 4.78 is 42.7. The van der Waals surface area contributed by atoms with Gasteiger partial charge in [0.25, 0.3) is 0 Å². The molecule has 106 valence electrons. The fourth-order valence-corrected chi connectivity index (χ4v) is 2.96. The summed E-state index contributed by atoms with van der Waals surface area (Å²) in [7, 11) is -1.72. The van der Waals surface area contributed by atoms with Crippen molar-refractivity contribution in [2.45, 2.75) is 0 Å². The van der Waals surface area contributed by atoms with Crippen LogP contribution in [-0.2, 0) is 10.0 Å². The lowest BCUT2D eigenvalue weighted by molar-refractivity contribution is 0.382. The first-order valence-electron chi connectivity index (χ1n) is 5.95. The highest BCUT2D eigenvalue weighted by Gasteiger charge is 2.23. The summed E-state index contributed by atoms with van der Waals surface area (Å²) in [5.74, 6) is -0.205. The van der Waals surface area contributed by atoms with E-state index in [0.29, 0.717) is 26.2 Å². The van der Waals surface area contributed by atoms with Gasteiger partial charge in [-0.15, -0.1) is 0 Å². The number of benzene rings is 1. The van der Waals surface area contributed by atoms with Gasteiger partial charge in [-0.25, -0.2) is 12.8 Å². The molecule has 0 unspecified atom stereocenters. The van der Waals surface area contributed by atoms with Crippen LogP contribution in [0.25, 0.3) is 0 Å². The summed E-state index contributed by atoms with van der Waals surface area (Å²) in [5.41, 5.74) is 0.742. The van der Waals surface area contributed by atoms with Gasteiger partial charge >= 0.3 is 0 Å². The molecule has 19 heavy (non-hydrogen) atoms. The third-order valence-electron chi connectivity index (χ3n) is 3.21. The topological polar surface area (TPSA) is 49.9 Å². The Morgan fingerprint density at radius 1 is 1.21 bits per heavy atom. The number of methoxy groups -OCH3 is 1. The Balaban J connectivity index is 2.08. The third kappa shape index (κ3) is 3.16. The molecule has 2 rings (SSSR count). The van der Waals surface area contributed by atoms with Crippen LogP contribution in [0.1, 0.15) is 0 Å². The quantitative estimate of drug-likeness (QED) is 0.830. The van der Waals surface area contributed by atoms with E-state index in [4.69, 9.17) is 4.74 Å². The van der Waals surface area contributed by atoms with Crippen LogP contribution < -0.4 is 9.64 Å². The van der Waals surface area contributed by atoms with Crippen molar-refractivity contribution in [1.82, 2.24) is 4.31 Å². The van der Waals surface area contributed by atoms with Gasteiger partial charge in [0.2, 0.25) is 10.0 Å². The summed E-state index contributed by atoms with van der Waals surface area (Å²) in [6, 6.07) is 4.76. The van der Waals surface area contributed by atoms with E-state index in [2.05, 4.69) is 0 Å². The minimum absolute atomic E-state index is 0.207. The zero-order chi connectivity index (χ0) is 14.0. The van der Waals surface area contributed by atoms with E-state index in [0.717, 1.165) is 5.69 Å². The molecule has 0 spiro atoms. The van der Waals surface area contributed by atoms with Crippen LogP contribution in [0.15, 0.2) is 18.2 Å². The predicted molar refractivity (Wildman–Crippen MR) is 71.6 cm³/mol. The second-order valence-corrected chi connectivity index (χ2v) is 6.45. The summed E-state index contributed by atoms with van der Waals surface area (Å²) in [6.07, 6.45) is 1.20. The molecule has 1 fully saturated rings. The highest BCUT2D eigenvalue weighted by Crippen LogP contribution is 2.24. The Morgan fingerprint density at radius 3 is 2.32 bits per heavy atom. The molecule has 1 aromatic carbocycles. The number of halogens is 1. The molecular formula is C12H17FN2O3S. The molecular weight excluding hydrogens is 271 g/mol. The molecule has 0 radical (unpaired) electrons. The standard InChI is InChI=1S/C12H17FN2O3S/c1-18-12-4-3-10(9-11(12)13)14-5-7-15(8-6-14)19(2,16)17/h3-4,9H,5-8H2,1-2H3. The number of piperazine rings is 1. The zero-order valence-corrected chi connectivity index (χ0v) is 11.8. The van der Waals surface area contributed by atoms with Crippen LogP contribution in [0, 0.1) is 5.82 Å². The first-order chi connectivity index (χ1) is 8.91. The number of nitrogens with zero attached hydrogens (tertiary/aromatic N) is 2. The number of rotatable bonds is 3. The van der Waals surface area contributed by atoms with Crippen molar-refractivity contribution in [1.29, 1.82) is 0 Å². The first kappa shape index (κ1) is 14.1. The van der Waals surface area contributed by atoms with E-state index < -0.39 is 15.8 Å². The van der Waals surface area contributed by atoms with Crippen LogP contribution in [0.3, 0.4) is 0 Å². The van der Waals surface area contributed by atoms with Gasteiger partial charge in [-0.3, -0.25) is 0 Å². The van der Waals surface area contributed by atoms with Gasteiger partial charge in [0.1, 0.15) is 0 Å². The van der Waals surface area contributed by atoms with Crippen molar-refractivity contribution >= 4 is 15.7 Å². The SMILES string of the molecule is COc1ccc(N2CCN(S(C)(=O)=O)CC2)cc1F. The minimum atomic E-state index is -3.14. The van der Waals surface area contributed by atoms with E-state index >= 15 is 0 Å². The van der Waals surface area contributed by atoms with E-state index in [1.807, 2.05) is 4.90 Å². The van der Waals surface area contributed by atoms with Crippen LogP contribution >= 0.6 is 0 Å². The van der Waals surface area contributed by atoms with Gasteiger partial charge in [-0.05, 0) is 12.1 Å². The van der Waals surface area contributed by atoms with E-state index in [9.17, 15) is 12.8 Å². The maximum absolute atomic E-state index is 13.6. The number of hydrogen-bond donors (Lipinski definition) is 0. The molecule has 0 aliphatic carbocycles. The van der Waals surface area contributed by atoms with Crippen molar-refractivity contribution in [3.8, 4) is 5.75 Å². The maximum Gasteiger partial charge on any atom is 0.211 e. The summed E-state index contributed by atoms with van der Waals surface area (Å²) in [6.45, 7) is 1.96. The molecule has 0 N–H and O–H groups in total. The Hall–Kier alpha value is -1.34. The van der Waals surface area contributed by atoms with Crippen molar-refractivity contribution in [2.75, 3.05) is 44.4 Å². The molecule has 0 saturated carbocycles. The molecule has 1 saturated heterocycles. The lowest BCUT2D eigenvalue weighted by Gasteiger charge is -2.34. The molecule has 0 aromatic heterocycles. The second-order valence-electron chi connectivity index (χ2n) is 4.47. The molecule has 0 amide bonds. The van der Waals surface area contributed by atoms with Crippen molar-refractivity contribution in [3.63, 3.8) is 0 Å². The molecule has 7 heteroatoms. The smallest absolute Gasteiger partial charge is 0.211 e. The fraction of sp³-hybridized carbons (Fsp3) is 0.500. The summed E-state index contributed by atoms with van der Waals surface area (Å²) in [4.78, 5) is 1.96. The number of anilines is 1. The van der Waals surface area contributed by atoms with Gasteiger partial charge in [0.05, 0.1) is 13.4 Å². The summed E-state index contributed by atoms with van der Waals surface area (Å²) in [5, 5.41) is 0. The normalized spacial score (nSPS) is 17.5. The molecule has 0 bridgehead atoms. The molecule has 1 heterocycles.